The van der Waals surface area contributed by atoms with Gasteiger partial charge in [-0.15, -0.1) is 0 Å². The second-order valence-electron chi connectivity index (χ2n) is 4.35. The van der Waals surface area contributed by atoms with Gasteiger partial charge in [0.2, 0.25) is 0 Å². The molecule has 0 saturated carbocycles. The maximum absolute atomic E-state index is 11.6. The first-order chi connectivity index (χ1) is 10.2. The zero-order chi connectivity index (χ0) is 15.2. The van der Waals surface area contributed by atoms with Crippen LogP contribution >= 0.6 is 0 Å². The Morgan fingerprint density at radius 2 is 1.90 bits per heavy atom. The molecule has 0 atom stereocenters. The Morgan fingerprint density at radius 1 is 1.14 bits per heavy atom. The Balaban J connectivity index is 2.14. The number of rotatable bonds is 5. The van der Waals surface area contributed by atoms with Crippen molar-refractivity contribution in [1.29, 1.82) is 0 Å². The zero-order valence-electron chi connectivity index (χ0n) is 12.0. The van der Waals surface area contributed by atoms with Crippen LogP contribution in [-0.4, -0.2) is 20.2 Å². The number of methoxy groups -OCH3 is 2. The van der Waals surface area contributed by atoms with E-state index in [9.17, 15) is 4.79 Å². The number of para-hydroxylation sites is 1. The van der Waals surface area contributed by atoms with Crippen LogP contribution in [0.25, 0.3) is 0 Å². The van der Waals surface area contributed by atoms with E-state index in [1.165, 1.54) is 7.11 Å². The maximum atomic E-state index is 11.6. The fourth-order valence-corrected chi connectivity index (χ4v) is 1.88. The molecular weight excluding hydrogens is 270 g/mol. The molecule has 0 aliphatic rings. The summed E-state index contributed by atoms with van der Waals surface area (Å²) < 4.78 is 15.5. The number of carbonyl (C=O) groups is 1. The van der Waals surface area contributed by atoms with Gasteiger partial charge in [0.25, 0.3) is 0 Å². The minimum Gasteiger partial charge on any atom is -0.497 e. The lowest BCUT2D eigenvalue weighted by molar-refractivity contribution is 0.0601. The molecule has 5 nitrogen and oxygen atoms in total. The lowest BCUT2D eigenvalue weighted by Crippen LogP contribution is -2.07. The Hall–Kier alpha value is -2.69. The summed E-state index contributed by atoms with van der Waals surface area (Å²) in [6.45, 7) is 0.325. The minimum absolute atomic E-state index is 0.271. The third-order valence-electron chi connectivity index (χ3n) is 3.00. The summed E-state index contributed by atoms with van der Waals surface area (Å²) >= 11 is 0. The smallest absolute Gasteiger partial charge is 0.340 e. The molecule has 21 heavy (non-hydrogen) atoms. The van der Waals surface area contributed by atoms with E-state index in [2.05, 4.69) is 4.74 Å². The first-order valence-electron chi connectivity index (χ1n) is 6.38. The lowest BCUT2D eigenvalue weighted by atomic mass is 10.1. The fraction of sp³-hybridized carbons (Fsp3) is 0.188. The second-order valence-corrected chi connectivity index (χ2v) is 4.35. The van der Waals surface area contributed by atoms with Crippen LogP contribution in [0.2, 0.25) is 0 Å². The average molecular weight is 287 g/mol. The van der Waals surface area contributed by atoms with Crippen molar-refractivity contribution in [1.82, 2.24) is 0 Å². The molecule has 110 valence electrons. The fourth-order valence-electron chi connectivity index (χ4n) is 1.88. The summed E-state index contributed by atoms with van der Waals surface area (Å²) in [5.74, 6) is 0.715. The monoisotopic (exact) mass is 287 g/mol. The van der Waals surface area contributed by atoms with Gasteiger partial charge in [0, 0.05) is 0 Å². The highest BCUT2D eigenvalue weighted by Gasteiger charge is 2.13. The quantitative estimate of drug-likeness (QED) is 0.676. The summed E-state index contributed by atoms with van der Waals surface area (Å²) in [6.07, 6.45) is 0. The number of ether oxygens (including phenoxy) is 3. The number of nitrogen functional groups attached to an aromatic ring is 1. The van der Waals surface area contributed by atoms with Crippen LogP contribution in [0.5, 0.6) is 11.5 Å². The van der Waals surface area contributed by atoms with Gasteiger partial charge >= 0.3 is 5.97 Å². The van der Waals surface area contributed by atoms with E-state index >= 15 is 0 Å². The Labute approximate surface area is 123 Å². The predicted molar refractivity (Wildman–Crippen MR) is 79.5 cm³/mol. The van der Waals surface area contributed by atoms with Crippen molar-refractivity contribution < 1.29 is 19.0 Å². The van der Waals surface area contributed by atoms with Crippen LogP contribution in [0.1, 0.15) is 15.9 Å². The highest BCUT2D eigenvalue weighted by atomic mass is 16.5. The van der Waals surface area contributed by atoms with Crippen molar-refractivity contribution in [3.63, 3.8) is 0 Å². The molecule has 0 heterocycles. The van der Waals surface area contributed by atoms with Crippen molar-refractivity contribution in [2.45, 2.75) is 6.61 Å². The first-order valence-corrected chi connectivity index (χ1v) is 6.38. The summed E-state index contributed by atoms with van der Waals surface area (Å²) in [4.78, 5) is 11.6. The molecule has 0 spiro atoms. The van der Waals surface area contributed by atoms with E-state index in [0.29, 0.717) is 17.9 Å². The number of hydrogen-bond donors (Lipinski definition) is 1. The van der Waals surface area contributed by atoms with E-state index in [1.54, 1.807) is 25.3 Å². The molecule has 2 rings (SSSR count). The average Bonchev–Trinajstić information content (AvgIpc) is 2.53. The Bertz CT molecular complexity index is 640. The van der Waals surface area contributed by atoms with Gasteiger partial charge in [0.05, 0.1) is 25.5 Å². The summed E-state index contributed by atoms with van der Waals surface area (Å²) in [5, 5.41) is 0. The lowest BCUT2D eigenvalue weighted by Gasteiger charge is -2.12. The molecule has 0 radical (unpaired) electrons. The molecule has 5 heteroatoms. The van der Waals surface area contributed by atoms with Gasteiger partial charge in [-0.05, 0) is 29.8 Å². The first kappa shape index (κ1) is 14.7. The normalized spacial score (nSPS) is 10.0. The highest BCUT2D eigenvalue weighted by molar-refractivity contribution is 5.96. The van der Waals surface area contributed by atoms with Crippen LogP contribution in [0.15, 0.2) is 42.5 Å². The molecule has 0 aromatic heterocycles. The number of hydrogen-bond acceptors (Lipinski definition) is 5. The molecule has 2 N–H and O–H groups in total. The van der Waals surface area contributed by atoms with Gasteiger partial charge in [-0.25, -0.2) is 4.79 Å². The van der Waals surface area contributed by atoms with E-state index < -0.39 is 5.97 Å². The molecule has 2 aromatic carbocycles. The number of benzene rings is 2. The van der Waals surface area contributed by atoms with Gasteiger partial charge in [0.15, 0.2) is 0 Å². The molecule has 2 aromatic rings. The van der Waals surface area contributed by atoms with Crippen LogP contribution < -0.4 is 15.2 Å². The van der Waals surface area contributed by atoms with Crippen molar-refractivity contribution in [3.05, 3.63) is 53.6 Å². The largest absolute Gasteiger partial charge is 0.497 e. The van der Waals surface area contributed by atoms with E-state index in [1.807, 2.05) is 24.3 Å². The summed E-state index contributed by atoms with van der Waals surface area (Å²) in [5.41, 5.74) is 7.43. The molecule has 0 aliphatic carbocycles. The highest BCUT2D eigenvalue weighted by Crippen LogP contribution is 2.27. The molecular formula is C16H17NO4. The molecule has 0 bridgehead atoms. The molecule has 0 aliphatic heterocycles. The number of anilines is 1. The standard InChI is InChI=1S/C16H17NO4/c1-19-12-6-3-5-11(9-12)10-21-14-8-4-7-13(15(14)17)16(18)20-2/h3-9H,10,17H2,1-2H3. The predicted octanol–water partition coefficient (Wildman–Crippen LogP) is 2.64. The summed E-state index contributed by atoms with van der Waals surface area (Å²) in [6, 6.07) is 12.5. The van der Waals surface area contributed by atoms with Crippen LogP contribution in [0.4, 0.5) is 5.69 Å². The van der Waals surface area contributed by atoms with Gasteiger partial charge in [0.1, 0.15) is 18.1 Å². The molecule has 0 saturated heterocycles. The van der Waals surface area contributed by atoms with Crippen molar-refractivity contribution >= 4 is 11.7 Å². The van der Waals surface area contributed by atoms with Crippen molar-refractivity contribution in [3.8, 4) is 11.5 Å². The van der Waals surface area contributed by atoms with E-state index in [4.69, 9.17) is 15.2 Å². The van der Waals surface area contributed by atoms with E-state index in [-0.39, 0.29) is 5.69 Å². The van der Waals surface area contributed by atoms with Crippen molar-refractivity contribution in [2.24, 2.45) is 0 Å². The van der Waals surface area contributed by atoms with Crippen LogP contribution in [0.3, 0.4) is 0 Å². The second kappa shape index (κ2) is 6.65. The SMILES string of the molecule is COC(=O)c1cccc(OCc2cccc(OC)c2)c1N. The van der Waals surface area contributed by atoms with Gasteiger partial charge in [-0.2, -0.15) is 0 Å². The van der Waals surface area contributed by atoms with Gasteiger partial charge in [-0.3, -0.25) is 0 Å². The Kier molecular flexibility index (Phi) is 4.66. The molecule has 0 amide bonds. The number of nitrogens with two attached hydrogens (primary N) is 1. The molecule has 0 fully saturated rings. The van der Waals surface area contributed by atoms with Crippen LogP contribution in [-0.2, 0) is 11.3 Å². The maximum Gasteiger partial charge on any atom is 0.340 e. The Morgan fingerprint density at radius 3 is 2.62 bits per heavy atom. The van der Waals surface area contributed by atoms with E-state index in [0.717, 1.165) is 11.3 Å². The van der Waals surface area contributed by atoms with Gasteiger partial charge < -0.3 is 19.9 Å². The topological polar surface area (TPSA) is 70.8 Å². The third kappa shape index (κ3) is 3.45. The minimum atomic E-state index is -0.487. The third-order valence-corrected chi connectivity index (χ3v) is 3.00. The molecule has 0 unspecified atom stereocenters. The van der Waals surface area contributed by atoms with Gasteiger partial charge in [-0.1, -0.05) is 18.2 Å². The van der Waals surface area contributed by atoms with Crippen molar-refractivity contribution in [2.75, 3.05) is 20.0 Å². The number of esters is 1. The van der Waals surface area contributed by atoms with Crippen LogP contribution in [0, 0.1) is 0 Å². The zero-order valence-corrected chi connectivity index (χ0v) is 12.0. The summed E-state index contributed by atoms with van der Waals surface area (Å²) in [7, 11) is 2.92. The number of carbonyl (C=O) groups excluding carboxylic acids is 1.